The van der Waals surface area contributed by atoms with Gasteiger partial charge < -0.3 is 10.8 Å². The Morgan fingerprint density at radius 1 is 1.29 bits per heavy atom. The maximum absolute atomic E-state index is 11.0. The van der Waals surface area contributed by atoms with E-state index in [9.17, 15) is 4.79 Å². The summed E-state index contributed by atoms with van der Waals surface area (Å²) in [6.45, 7) is 0. The number of rotatable bonds is 2. The summed E-state index contributed by atoms with van der Waals surface area (Å²) in [5.74, 6) is -1.14. The maximum Gasteiger partial charge on any atom is 0.356 e. The number of aromatic nitrogens is 1. The molecule has 1 heterocycles. The van der Waals surface area contributed by atoms with Crippen LogP contribution in [-0.2, 0) is 0 Å². The van der Waals surface area contributed by atoms with Crippen LogP contribution in [0.4, 0.5) is 5.13 Å². The van der Waals surface area contributed by atoms with E-state index < -0.39 is 5.97 Å². The Labute approximate surface area is 111 Å². The molecule has 1 aromatic heterocycles. The molecule has 0 radical (unpaired) electrons. The third-order valence-corrected chi connectivity index (χ3v) is 3.34. The number of hydrogen-bond donors (Lipinski definition) is 2. The van der Waals surface area contributed by atoms with Crippen molar-refractivity contribution in [1.29, 1.82) is 0 Å². The largest absolute Gasteiger partial charge is 0.476 e. The van der Waals surface area contributed by atoms with Crippen LogP contribution in [0.25, 0.3) is 10.4 Å². The van der Waals surface area contributed by atoms with E-state index in [1.165, 1.54) is 0 Å². The average Bonchev–Trinajstić information content (AvgIpc) is 2.59. The van der Waals surface area contributed by atoms with E-state index in [-0.39, 0.29) is 10.8 Å². The van der Waals surface area contributed by atoms with Crippen molar-refractivity contribution in [3.05, 3.63) is 33.9 Å². The molecule has 4 nitrogen and oxygen atoms in total. The Balaban J connectivity index is 2.63. The molecule has 0 saturated carbocycles. The SMILES string of the molecule is Nc1nc(C(=O)O)c(-c2cc(Cl)cc(Cl)c2)s1. The second-order valence-electron chi connectivity index (χ2n) is 3.19. The Kier molecular flexibility index (Phi) is 3.24. The van der Waals surface area contributed by atoms with Gasteiger partial charge in [0, 0.05) is 10.0 Å². The topological polar surface area (TPSA) is 76.2 Å². The Morgan fingerprint density at radius 2 is 1.88 bits per heavy atom. The summed E-state index contributed by atoms with van der Waals surface area (Å²) in [7, 11) is 0. The normalized spacial score (nSPS) is 10.5. The first-order valence-corrected chi connectivity index (χ1v) is 6.00. The van der Waals surface area contributed by atoms with E-state index >= 15 is 0 Å². The van der Waals surface area contributed by atoms with Gasteiger partial charge in [0.05, 0.1) is 4.88 Å². The molecule has 2 rings (SSSR count). The van der Waals surface area contributed by atoms with E-state index in [2.05, 4.69) is 4.98 Å². The quantitative estimate of drug-likeness (QED) is 0.888. The molecular weight excluding hydrogens is 283 g/mol. The summed E-state index contributed by atoms with van der Waals surface area (Å²) in [6.07, 6.45) is 0. The predicted octanol–water partition coefficient (Wildman–Crippen LogP) is 3.40. The van der Waals surface area contributed by atoms with Crippen molar-refractivity contribution >= 4 is 45.6 Å². The molecule has 0 bridgehead atoms. The van der Waals surface area contributed by atoms with Gasteiger partial charge in [-0.25, -0.2) is 9.78 Å². The summed E-state index contributed by atoms with van der Waals surface area (Å²) >= 11 is 12.8. The second kappa shape index (κ2) is 4.52. The zero-order valence-electron chi connectivity index (χ0n) is 8.28. The number of carboxylic acids is 1. The van der Waals surface area contributed by atoms with Crippen LogP contribution in [-0.4, -0.2) is 16.1 Å². The van der Waals surface area contributed by atoms with E-state index in [0.29, 0.717) is 20.5 Å². The number of halogens is 2. The lowest BCUT2D eigenvalue weighted by molar-refractivity contribution is 0.0692. The molecule has 0 aliphatic carbocycles. The molecule has 0 atom stereocenters. The van der Waals surface area contributed by atoms with Crippen LogP contribution in [0.3, 0.4) is 0 Å². The van der Waals surface area contributed by atoms with Gasteiger partial charge >= 0.3 is 5.97 Å². The lowest BCUT2D eigenvalue weighted by atomic mass is 10.1. The molecule has 88 valence electrons. The molecule has 0 amide bonds. The number of nitrogens with zero attached hydrogens (tertiary/aromatic N) is 1. The highest BCUT2D eigenvalue weighted by molar-refractivity contribution is 7.19. The molecule has 0 aliphatic heterocycles. The zero-order valence-corrected chi connectivity index (χ0v) is 10.6. The van der Waals surface area contributed by atoms with E-state index in [0.717, 1.165) is 11.3 Å². The molecule has 0 aliphatic rings. The van der Waals surface area contributed by atoms with Crippen molar-refractivity contribution in [2.75, 3.05) is 5.73 Å². The van der Waals surface area contributed by atoms with Gasteiger partial charge in [-0.15, -0.1) is 0 Å². The Hall–Kier alpha value is -1.30. The van der Waals surface area contributed by atoms with Gasteiger partial charge in [0.15, 0.2) is 10.8 Å². The van der Waals surface area contributed by atoms with Crippen LogP contribution in [0.1, 0.15) is 10.5 Å². The first kappa shape index (κ1) is 12.2. The summed E-state index contributed by atoms with van der Waals surface area (Å²) in [6, 6.07) is 4.80. The third kappa shape index (κ3) is 2.52. The van der Waals surface area contributed by atoms with E-state index in [1.54, 1.807) is 18.2 Å². The van der Waals surface area contributed by atoms with Crippen LogP contribution in [0.15, 0.2) is 18.2 Å². The van der Waals surface area contributed by atoms with Crippen molar-refractivity contribution < 1.29 is 9.90 Å². The number of carbonyl (C=O) groups is 1. The standard InChI is InChI=1S/C10H6Cl2N2O2S/c11-5-1-4(2-6(12)3-5)8-7(9(15)16)14-10(13)17-8/h1-3H,(H2,13,14)(H,15,16). The summed E-state index contributed by atoms with van der Waals surface area (Å²) in [5.41, 5.74) is 6.01. The average molecular weight is 289 g/mol. The van der Waals surface area contributed by atoms with Gasteiger partial charge in [0.1, 0.15) is 0 Å². The first-order chi connectivity index (χ1) is 7.97. The number of anilines is 1. The first-order valence-electron chi connectivity index (χ1n) is 4.43. The highest BCUT2D eigenvalue weighted by Gasteiger charge is 2.18. The Morgan fingerprint density at radius 3 is 2.41 bits per heavy atom. The number of aromatic carboxylic acids is 1. The molecule has 0 spiro atoms. The van der Waals surface area contributed by atoms with Gasteiger partial charge in [-0.1, -0.05) is 34.5 Å². The fourth-order valence-electron chi connectivity index (χ4n) is 1.36. The predicted molar refractivity (Wildman–Crippen MR) is 68.9 cm³/mol. The lowest BCUT2D eigenvalue weighted by Gasteiger charge is -2.01. The zero-order chi connectivity index (χ0) is 12.6. The van der Waals surface area contributed by atoms with Crippen molar-refractivity contribution in [1.82, 2.24) is 4.98 Å². The fraction of sp³-hybridized carbons (Fsp3) is 0. The molecule has 7 heteroatoms. The number of benzene rings is 1. The van der Waals surface area contributed by atoms with Gasteiger partial charge in [0.2, 0.25) is 0 Å². The smallest absolute Gasteiger partial charge is 0.356 e. The summed E-state index contributed by atoms with van der Waals surface area (Å²) in [4.78, 5) is 15.2. The van der Waals surface area contributed by atoms with E-state index in [4.69, 9.17) is 34.0 Å². The monoisotopic (exact) mass is 288 g/mol. The number of nitrogens with two attached hydrogens (primary N) is 1. The minimum atomic E-state index is -1.14. The Bertz CT molecular complexity index is 578. The minimum Gasteiger partial charge on any atom is -0.476 e. The minimum absolute atomic E-state index is 0.0918. The summed E-state index contributed by atoms with van der Waals surface area (Å²) < 4.78 is 0. The molecule has 0 unspecified atom stereocenters. The van der Waals surface area contributed by atoms with Crippen LogP contribution in [0, 0.1) is 0 Å². The van der Waals surface area contributed by atoms with Crippen LogP contribution in [0.5, 0.6) is 0 Å². The highest BCUT2D eigenvalue weighted by Crippen LogP contribution is 2.34. The molecule has 3 N–H and O–H groups in total. The van der Waals surface area contributed by atoms with Gasteiger partial charge in [-0.2, -0.15) is 0 Å². The fourth-order valence-corrected chi connectivity index (χ4v) is 2.70. The number of carboxylic acid groups (broad SMARTS) is 1. The summed E-state index contributed by atoms with van der Waals surface area (Å²) in [5, 5.41) is 10.0. The number of thiazole rings is 1. The van der Waals surface area contributed by atoms with Crippen LogP contribution >= 0.6 is 34.5 Å². The van der Waals surface area contributed by atoms with Crippen LogP contribution < -0.4 is 5.73 Å². The van der Waals surface area contributed by atoms with Gasteiger partial charge in [-0.05, 0) is 23.8 Å². The molecule has 0 saturated heterocycles. The van der Waals surface area contributed by atoms with Crippen molar-refractivity contribution in [3.63, 3.8) is 0 Å². The second-order valence-corrected chi connectivity index (χ2v) is 5.10. The van der Waals surface area contributed by atoms with Crippen molar-refractivity contribution in [3.8, 4) is 10.4 Å². The number of nitrogen functional groups attached to an aromatic ring is 1. The molecule has 0 fully saturated rings. The third-order valence-electron chi connectivity index (χ3n) is 1.97. The number of hydrogen-bond acceptors (Lipinski definition) is 4. The van der Waals surface area contributed by atoms with Crippen molar-refractivity contribution in [2.45, 2.75) is 0 Å². The highest BCUT2D eigenvalue weighted by atomic mass is 35.5. The molecule has 1 aromatic carbocycles. The molecule has 2 aromatic rings. The van der Waals surface area contributed by atoms with Crippen LogP contribution in [0.2, 0.25) is 10.0 Å². The van der Waals surface area contributed by atoms with Gasteiger partial charge in [-0.3, -0.25) is 0 Å². The van der Waals surface area contributed by atoms with Gasteiger partial charge in [0.25, 0.3) is 0 Å². The molecular formula is C10H6Cl2N2O2S. The van der Waals surface area contributed by atoms with E-state index in [1.807, 2.05) is 0 Å². The lowest BCUT2D eigenvalue weighted by Crippen LogP contribution is -1.99. The van der Waals surface area contributed by atoms with Crippen molar-refractivity contribution in [2.24, 2.45) is 0 Å². The molecule has 17 heavy (non-hydrogen) atoms. The maximum atomic E-state index is 11.0.